The van der Waals surface area contributed by atoms with Crippen LogP contribution in [-0.2, 0) is 4.74 Å². The van der Waals surface area contributed by atoms with Gasteiger partial charge in [-0.25, -0.2) is 0 Å². The van der Waals surface area contributed by atoms with Gasteiger partial charge in [-0.15, -0.1) is 0 Å². The molecule has 0 bridgehead atoms. The van der Waals surface area contributed by atoms with Crippen LogP contribution in [0.2, 0.25) is 0 Å². The number of rotatable bonds is 4. The van der Waals surface area contributed by atoms with E-state index in [1.165, 1.54) is 0 Å². The zero-order valence-corrected chi connectivity index (χ0v) is 14.2. The molecule has 5 heteroatoms. The zero-order chi connectivity index (χ0) is 16.8. The molecule has 5 nitrogen and oxygen atoms in total. The fourth-order valence-corrected chi connectivity index (χ4v) is 3.72. The maximum absolute atomic E-state index is 10.5. The van der Waals surface area contributed by atoms with Crippen LogP contribution in [0, 0.1) is 11.3 Å². The highest BCUT2D eigenvalue weighted by Gasteiger charge is 2.24. The molecule has 1 atom stereocenters. The Kier molecular flexibility index (Phi) is 6.22. The molecule has 130 valence electrons. The number of benzene rings is 1. The third kappa shape index (κ3) is 4.55. The number of hydrogen-bond acceptors (Lipinski definition) is 5. The van der Waals surface area contributed by atoms with E-state index in [-0.39, 0.29) is 0 Å². The summed E-state index contributed by atoms with van der Waals surface area (Å²) in [5.74, 6) is 0. The van der Waals surface area contributed by atoms with Crippen LogP contribution in [0.1, 0.15) is 36.5 Å². The second-order valence-corrected chi connectivity index (χ2v) is 6.78. The van der Waals surface area contributed by atoms with E-state index in [1.54, 1.807) is 12.1 Å². The summed E-state index contributed by atoms with van der Waals surface area (Å²) < 4.78 is 5.47. The minimum atomic E-state index is -0.493. The van der Waals surface area contributed by atoms with Crippen molar-refractivity contribution in [3.05, 3.63) is 35.4 Å². The summed E-state index contributed by atoms with van der Waals surface area (Å²) in [6.45, 7) is 6.70. The van der Waals surface area contributed by atoms with Gasteiger partial charge in [-0.3, -0.25) is 9.80 Å². The summed E-state index contributed by atoms with van der Waals surface area (Å²) in [6.07, 6.45) is 2.95. The highest BCUT2D eigenvalue weighted by atomic mass is 16.5. The van der Waals surface area contributed by atoms with Crippen molar-refractivity contribution in [2.24, 2.45) is 0 Å². The summed E-state index contributed by atoms with van der Waals surface area (Å²) in [4.78, 5) is 4.97. The maximum Gasteiger partial charge on any atom is 0.0991 e. The first-order valence-corrected chi connectivity index (χ1v) is 8.98. The Morgan fingerprint density at radius 1 is 1.12 bits per heavy atom. The number of β-amino-alcohol motifs (C(OH)–C–C–N with tert-alkyl or cyclic N) is 1. The van der Waals surface area contributed by atoms with Gasteiger partial charge in [0.05, 0.1) is 17.7 Å². The molecule has 2 saturated heterocycles. The Morgan fingerprint density at radius 2 is 1.88 bits per heavy atom. The smallest absolute Gasteiger partial charge is 0.0991 e. The van der Waals surface area contributed by atoms with Gasteiger partial charge in [0.25, 0.3) is 0 Å². The Labute approximate surface area is 144 Å². The van der Waals surface area contributed by atoms with Crippen LogP contribution in [0.15, 0.2) is 24.3 Å². The van der Waals surface area contributed by atoms with Crippen molar-refractivity contribution in [1.82, 2.24) is 9.80 Å². The lowest BCUT2D eigenvalue weighted by Gasteiger charge is -2.33. The van der Waals surface area contributed by atoms with Crippen molar-refractivity contribution in [2.45, 2.75) is 31.4 Å². The summed E-state index contributed by atoms with van der Waals surface area (Å²) >= 11 is 0. The lowest BCUT2D eigenvalue weighted by molar-refractivity contribution is 0.0347. The predicted octanol–water partition coefficient (Wildman–Crippen LogP) is 1.78. The van der Waals surface area contributed by atoms with Gasteiger partial charge in [-0.1, -0.05) is 12.1 Å². The molecule has 2 fully saturated rings. The van der Waals surface area contributed by atoms with E-state index in [9.17, 15) is 5.11 Å². The van der Waals surface area contributed by atoms with Crippen molar-refractivity contribution < 1.29 is 9.84 Å². The molecule has 0 amide bonds. The third-order valence-corrected chi connectivity index (χ3v) is 5.19. The van der Waals surface area contributed by atoms with E-state index >= 15 is 0 Å². The molecule has 3 rings (SSSR count). The van der Waals surface area contributed by atoms with Crippen LogP contribution < -0.4 is 0 Å². The van der Waals surface area contributed by atoms with Gasteiger partial charge < -0.3 is 9.84 Å². The first-order valence-electron chi connectivity index (χ1n) is 8.98. The highest BCUT2D eigenvalue weighted by molar-refractivity contribution is 5.32. The molecule has 2 aliphatic rings. The number of ether oxygens (including phenoxy) is 1. The average molecular weight is 329 g/mol. The molecule has 0 radical (unpaired) electrons. The van der Waals surface area contributed by atoms with Gasteiger partial charge in [0.15, 0.2) is 0 Å². The third-order valence-electron chi connectivity index (χ3n) is 5.19. The van der Waals surface area contributed by atoms with Crippen molar-refractivity contribution in [3.63, 3.8) is 0 Å². The van der Waals surface area contributed by atoms with Crippen molar-refractivity contribution in [1.29, 1.82) is 5.26 Å². The van der Waals surface area contributed by atoms with Crippen LogP contribution in [0.5, 0.6) is 0 Å². The lowest BCUT2D eigenvalue weighted by atomic mass is 10.1. The van der Waals surface area contributed by atoms with Crippen LogP contribution in [-0.4, -0.2) is 66.9 Å². The molecule has 2 aliphatic heterocycles. The zero-order valence-electron chi connectivity index (χ0n) is 14.2. The van der Waals surface area contributed by atoms with E-state index in [2.05, 4.69) is 15.9 Å². The molecule has 1 N–H and O–H groups in total. The highest BCUT2D eigenvalue weighted by Crippen LogP contribution is 2.19. The standard InChI is InChI=1S/C19H27N3O2/c20-14-16-2-4-17(5-3-16)19(23)15-21-8-1-9-22(11-10-21)18-6-12-24-13-7-18/h2-5,18-19,23H,1,6-13,15H2. The van der Waals surface area contributed by atoms with Crippen molar-refractivity contribution in [3.8, 4) is 6.07 Å². The Hall–Kier alpha value is -1.45. The fraction of sp³-hybridized carbons (Fsp3) is 0.632. The average Bonchev–Trinajstić information content (AvgIpc) is 2.88. The molecule has 0 saturated carbocycles. The van der Waals surface area contributed by atoms with E-state index in [1.807, 2.05) is 12.1 Å². The first-order chi connectivity index (χ1) is 11.8. The lowest BCUT2D eigenvalue weighted by Crippen LogP contribution is -2.41. The van der Waals surface area contributed by atoms with Gasteiger partial charge in [-0.2, -0.15) is 5.26 Å². The minimum absolute atomic E-state index is 0.493. The normalized spacial score (nSPS) is 22.7. The van der Waals surface area contributed by atoms with Gasteiger partial charge in [-0.05, 0) is 50.0 Å². The molecule has 24 heavy (non-hydrogen) atoms. The summed E-state index contributed by atoms with van der Waals surface area (Å²) in [5.41, 5.74) is 1.52. The number of hydrogen-bond donors (Lipinski definition) is 1. The van der Waals surface area contributed by atoms with Gasteiger partial charge in [0, 0.05) is 38.9 Å². The molecule has 0 aliphatic carbocycles. The number of nitrogens with zero attached hydrogens (tertiary/aromatic N) is 3. The van der Waals surface area contributed by atoms with E-state index < -0.39 is 6.10 Å². The molecule has 1 unspecified atom stereocenters. The van der Waals surface area contributed by atoms with Crippen LogP contribution >= 0.6 is 0 Å². The van der Waals surface area contributed by atoms with Crippen LogP contribution in [0.4, 0.5) is 0 Å². The molecular formula is C19H27N3O2. The number of nitriles is 1. The SMILES string of the molecule is N#Cc1ccc(C(O)CN2CCCN(C3CCOCC3)CC2)cc1. The second kappa shape index (κ2) is 8.59. The van der Waals surface area contributed by atoms with Crippen molar-refractivity contribution in [2.75, 3.05) is 45.9 Å². The quantitative estimate of drug-likeness (QED) is 0.912. The number of aliphatic hydroxyl groups is 1. The van der Waals surface area contributed by atoms with Gasteiger partial charge in [0.1, 0.15) is 0 Å². The topological polar surface area (TPSA) is 59.7 Å². The molecular weight excluding hydrogens is 302 g/mol. The molecule has 0 spiro atoms. The summed E-state index contributed by atoms with van der Waals surface area (Å²) in [5, 5.41) is 19.3. The molecule has 1 aromatic rings. The Balaban J connectivity index is 1.51. The van der Waals surface area contributed by atoms with E-state index in [4.69, 9.17) is 10.00 Å². The van der Waals surface area contributed by atoms with Gasteiger partial charge in [0.2, 0.25) is 0 Å². The minimum Gasteiger partial charge on any atom is -0.387 e. The largest absolute Gasteiger partial charge is 0.387 e. The fourth-order valence-electron chi connectivity index (χ4n) is 3.72. The Morgan fingerprint density at radius 3 is 2.58 bits per heavy atom. The molecule has 0 aromatic heterocycles. The Bertz CT molecular complexity index is 549. The number of aliphatic hydroxyl groups excluding tert-OH is 1. The van der Waals surface area contributed by atoms with E-state index in [0.717, 1.165) is 64.2 Å². The van der Waals surface area contributed by atoms with Crippen molar-refractivity contribution >= 4 is 0 Å². The molecule has 1 aromatic carbocycles. The molecule has 2 heterocycles. The van der Waals surface area contributed by atoms with Crippen LogP contribution in [0.3, 0.4) is 0 Å². The maximum atomic E-state index is 10.5. The monoisotopic (exact) mass is 329 g/mol. The predicted molar refractivity (Wildman–Crippen MR) is 92.6 cm³/mol. The second-order valence-electron chi connectivity index (χ2n) is 6.78. The summed E-state index contributed by atoms with van der Waals surface area (Å²) in [7, 11) is 0. The van der Waals surface area contributed by atoms with Gasteiger partial charge >= 0.3 is 0 Å². The summed E-state index contributed by atoms with van der Waals surface area (Å²) in [6, 6.07) is 10.0. The van der Waals surface area contributed by atoms with E-state index in [0.29, 0.717) is 18.2 Å². The van der Waals surface area contributed by atoms with Crippen LogP contribution in [0.25, 0.3) is 0 Å². The first kappa shape index (κ1) is 17.4.